The van der Waals surface area contributed by atoms with Gasteiger partial charge >= 0.3 is 12.1 Å². The molecule has 0 saturated carbocycles. The van der Waals surface area contributed by atoms with E-state index in [-0.39, 0.29) is 13.2 Å². The van der Waals surface area contributed by atoms with Crippen LogP contribution in [0.4, 0.5) is 4.79 Å². The molecule has 9 nitrogen and oxygen atoms in total. The minimum atomic E-state index is -1.75. The zero-order chi connectivity index (χ0) is 19.1. The number of aliphatic hydroxyl groups is 2. The Balaban J connectivity index is 2.01. The number of carboxylic acids is 1. The van der Waals surface area contributed by atoms with Crippen molar-refractivity contribution in [3.05, 3.63) is 48.6 Å². The predicted molar refractivity (Wildman–Crippen MR) is 88.0 cm³/mol. The van der Waals surface area contributed by atoms with Crippen LogP contribution in [0.2, 0.25) is 0 Å². The number of carboxylic acid groups (broad SMARTS) is 1. The Bertz CT molecular complexity index is 622. The van der Waals surface area contributed by atoms with Gasteiger partial charge in [0.1, 0.15) is 24.9 Å². The molecule has 2 rings (SSSR count). The Morgan fingerprint density at radius 1 is 1.23 bits per heavy atom. The van der Waals surface area contributed by atoms with Crippen molar-refractivity contribution in [3.8, 4) is 0 Å². The first-order chi connectivity index (χ1) is 12.4. The van der Waals surface area contributed by atoms with Gasteiger partial charge in [-0.2, -0.15) is 0 Å². The number of alkyl carbamates (subject to hydrolysis) is 1. The summed E-state index contributed by atoms with van der Waals surface area (Å²) in [6.45, 7) is 3.44. The van der Waals surface area contributed by atoms with Crippen molar-refractivity contribution in [2.24, 2.45) is 0 Å². The van der Waals surface area contributed by atoms with E-state index in [0.717, 1.165) is 5.56 Å². The monoisotopic (exact) mass is 367 g/mol. The number of carbonyl (C=O) groups is 2. The third kappa shape index (κ3) is 5.02. The Hall–Kier alpha value is -2.46. The first-order valence-electron chi connectivity index (χ1n) is 7.88. The number of aliphatic hydroxyl groups excluding tert-OH is 2. The molecule has 1 saturated heterocycles. The molecule has 9 heteroatoms. The van der Waals surface area contributed by atoms with Crippen LogP contribution in [0.5, 0.6) is 0 Å². The second-order valence-electron chi connectivity index (χ2n) is 5.60. The van der Waals surface area contributed by atoms with Crippen LogP contribution >= 0.6 is 0 Å². The molecule has 26 heavy (non-hydrogen) atoms. The normalized spacial score (nSPS) is 28.2. The Kier molecular flexibility index (Phi) is 7.10. The number of carbonyl (C=O) groups excluding carboxylic acids is 1. The summed E-state index contributed by atoms with van der Waals surface area (Å²) in [5, 5.41) is 31.5. The molecular weight excluding hydrogens is 346 g/mol. The molecule has 1 heterocycles. The highest BCUT2D eigenvalue weighted by molar-refractivity contribution is 5.73. The molecule has 1 amide bonds. The fourth-order valence-electron chi connectivity index (χ4n) is 2.43. The molecule has 142 valence electrons. The summed E-state index contributed by atoms with van der Waals surface area (Å²) >= 11 is 0. The molecule has 1 aliphatic heterocycles. The maximum atomic E-state index is 12.0. The van der Waals surface area contributed by atoms with Crippen LogP contribution < -0.4 is 5.32 Å². The topological polar surface area (TPSA) is 135 Å². The first kappa shape index (κ1) is 19.9. The van der Waals surface area contributed by atoms with E-state index < -0.39 is 42.7 Å². The van der Waals surface area contributed by atoms with Crippen molar-refractivity contribution < 1.29 is 39.1 Å². The lowest BCUT2D eigenvalue weighted by atomic mass is 9.97. The van der Waals surface area contributed by atoms with Gasteiger partial charge in [0.2, 0.25) is 0 Å². The van der Waals surface area contributed by atoms with Crippen LogP contribution in [0.3, 0.4) is 0 Å². The molecule has 4 N–H and O–H groups in total. The second kappa shape index (κ2) is 9.30. The van der Waals surface area contributed by atoms with Gasteiger partial charge in [-0.05, 0) is 5.56 Å². The Labute approximate surface area is 149 Å². The lowest BCUT2D eigenvalue weighted by molar-refractivity contribution is -0.260. The van der Waals surface area contributed by atoms with Crippen LogP contribution in [0, 0.1) is 0 Å². The van der Waals surface area contributed by atoms with Gasteiger partial charge in [-0.3, -0.25) is 0 Å². The molecule has 1 aromatic carbocycles. The van der Waals surface area contributed by atoms with E-state index in [0.29, 0.717) is 0 Å². The number of benzene rings is 1. The standard InChI is InChI=1S/C17H21NO8/c1-2-8-24-16-11(12(19)13(20)14(26-16)15(21)22)18-17(23)25-9-10-6-4-3-5-7-10/h2-7,11-14,16,19-20H,1,8-9H2,(H,18,23)(H,21,22)/t11-,12-,13+,14+,16-/m1/s1. The number of aliphatic carboxylic acids is 1. The van der Waals surface area contributed by atoms with Crippen molar-refractivity contribution in [1.29, 1.82) is 0 Å². The molecule has 5 atom stereocenters. The van der Waals surface area contributed by atoms with Gasteiger partial charge in [0, 0.05) is 0 Å². The summed E-state index contributed by atoms with van der Waals surface area (Å²) in [5.74, 6) is -1.46. The average molecular weight is 367 g/mol. The zero-order valence-corrected chi connectivity index (χ0v) is 13.9. The molecule has 0 radical (unpaired) electrons. The van der Waals surface area contributed by atoms with E-state index in [1.54, 1.807) is 24.3 Å². The van der Waals surface area contributed by atoms with Crippen LogP contribution in [0.1, 0.15) is 5.56 Å². The molecule has 1 fully saturated rings. The Morgan fingerprint density at radius 2 is 1.92 bits per heavy atom. The molecule has 0 bridgehead atoms. The van der Waals surface area contributed by atoms with Gasteiger partial charge < -0.3 is 34.8 Å². The van der Waals surface area contributed by atoms with Crippen molar-refractivity contribution in [3.63, 3.8) is 0 Å². The highest BCUT2D eigenvalue weighted by Crippen LogP contribution is 2.22. The average Bonchev–Trinajstić information content (AvgIpc) is 2.63. The van der Waals surface area contributed by atoms with E-state index in [2.05, 4.69) is 11.9 Å². The summed E-state index contributed by atoms with van der Waals surface area (Å²) in [5.41, 5.74) is 0.758. The number of hydrogen-bond acceptors (Lipinski definition) is 7. The summed E-state index contributed by atoms with van der Waals surface area (Å²) < 4.78 is 15.5. The largest absolute Gasteiger partial charge is 0.479 e. The smallest absolute Gasteiger partial charge is 0.407 e. The third-order valence-corrected chi connectivity index (χ3v) is 3.72. The number of hydrogen-bond donors (Lipinski definition) is 4. The maximum absolute atomic E-state index is 12.0. The summed E-state index contributed by atoms with van der Waals surface area (Å²) in [6, 6.07) is 7.70. The Morgan fingerprint density at radius 3 is 2.54 bits per heavy atom. The second-order valence-corrected chi connectivity index (χ2v) is 5.60. The molecular formula is C17H21NO8. The molecule has 0 aliphatic carbocycles. The summed E-state index contributed by atoms with van der Waals surface area (Å²) in [7, 11) is 0. The molecule has 1 aromatic rings. The SMILES string of the molecule is C=CCO[C@@H]1O[C@H](C(=O)O)[C@@H](O)[C@H](O)[C@H]1NC(=O)OCc1ccccc1. The van der Waals surface area contributed by atoms with E-state index in [1.165, 1.54) is 6.08 Å². The molecule has 0 unspecified atom stereocenters. The van der Waals surface area contributed by atoms with Crippen molar-refractivity contribution in [1.82, 2.24) is 5.32 Å². The van der Waals surface area contributed by atoms with Gasteiger partial charge in [0.05, 0.1) is 6.61 Å². The highest BCUT2D eigenvalue weighted by atomic mass is 16.7. The number of rotatable bonds is 7. The lowest BCUT2D eigenvalue weighted by Gasteiger charge is -2.40. The highest BCUT2D eigenvalue weighted by Gasteiger charge is 2.48. The molecule has 1 aliphatic rings. The number of ether oxygens (including phenoxy) is 3. The summed E-state index contributed by atoms with van der Waals surface area (Å²) in [4.78, 5) is 23.1. The number of nitrogens with one attached hydrogen (secondary N) is 1. The van der Waals surface area contributed by atoms with Crippen molar-refractivity contribution in [2.45, 2.75) is 37.3 Å². The van der Waals surface area contributed by atoms with Gasteiger partial charge in [-0.25, -0.2) is 9.59 Å². The maximum Gasteiger partial charge on any atom is 0.407 e. The fraction of sp³-hybridized carbons (Fsp3) is 0.412. The van der Waals surface area contributed by atoms with Gasteiger partial charge in [-0.1, -0.05) is 36.4 Å². The number of amides is 1. The lowest BCUT2D eigenvalue weighted by Crippen LogP contribution is -2.65. The van der Waals surface area contributed by atoms with Crippen LogP contribution in [0.15, 0.2) is 43.0 Å². The molecule has 0 aromatic heterocycles. The van der Waals surface area contributed by atoms with Crippen LogP contribution in [0.25, 0.3) is 0 Å². The third-order valence-electron chi connectivity index (χ3n) is 3.72. The van der Waals surface area contributed by atoms with Crippen molar-refractivity contribution >= 4 is 12.1 Å². The van der Waals surface area contributed by atoms with E-state index in [4.69, 9.17) is 19.3 Å². The quantitative estimate of drug-likeness (QED) is 0.495. The van der Waals surface area contributed by atoms with E-state index >= 15 is 0 Å². The van der Waals surface area contributed by atoms with Crippen LogP contribution in [-0.2, 0) is 25.6 Å². The molecule has 0 spiro atoms. The van der Waals surface area contributed by atoms with Gasteiger partial charge in [0.15, 0.2) is 12.4 Å². The summed E-state index contributed by atoms with van der Waals surface area (Å²) in [6.07, 6.45) is -5.88. The van der Waals surface area contributed by atoms with Gasteiger partial charge in [0.25, 0.3) is 0 Å². The minimum Gasteiger partial charge on any atom is -0.479 e. The van der Waals surface area contributed by atoms with Crippen LogP contribution in [-0.4, -0.2) is 64.6 Å². The van der Waals surface area contributed by atoms with E-state index in [9.17, 15) is 19.8 Å². The minimum absolute atomic E-state index is 0.00513. The van der Waals surface area contributed by atoms with E-state index in [1.807, 2.05) is 6.07 Å². The van der Waals surface area contributed by atoms with Crippen molar-refractivity contribution in [2.75, 3.05) is 6.61 Å². The zero-order valence-electron chi connectivity index (χ0n) is 13.9. The fourth-order valence-corrected chi connectivity index (χ4v) is 2.43. The predicted octanol–water partition coefficient (Wildman–Crippen LogP) is 0.0153. The first-order valence-corrected chi connectivity index (χ1v) is 7.88. The van der Waals surface area contributed by atoms with Gasteiger partial charge in [-0.15, -0.1) is 6.58 Å².